The molecule has 1 aromatic rings. The number of rotatable bonds is 3. The Kier molecular flexibility index (Phi) is 2.09. The van der Waals surface area contributed by atoms with E-state index in [1.165, 1.54) is 12.3 Å². The monoisotopic (exact) mass is 170 g/mol. The number of aromatic amines is 1. The second-order valence-corrected chi connectivity index (χ2v) is 2.22. The molecule has 0 amide bonds. The first-order chi connectivity index (χ1) is 5.59. The van der Waals surface area contributed by atoms with Crippen molar-refractivity contribution in [2.75, 3.05) is 0 Å². The Bertz CT molecular complexity index is 317. The van der Waals surface area contributed by atoms with Crippen LogP contribution in [-0.4, -0.2) is 21.0 Å². The maximum absolute atomic E-state index is 10.3. The molecule has 0 aliphatic heterocycles. The lowest BCUT2D eigenvalue weighted by Gasteiger charge is -1.85. The Labute approximate surface area is 67.0 Å². The van der Waals surface area contributed by atoms with E-state index in [2.05, 4.69) is 4.98 Å². The predicted molar refractivity (Wildman–Crippen MR) is 38.5 cm³/mol. The van der Waals surface area contributed by atoms with Crippen molar-refractivity contribution in [3.63, 3.8) is 0 Å². The molecule has 0 spiro atoms. The summed E-state index contributed by atoms with van der Waals surface area (Å²) < 4.78 is 0. The lowest BCUT2D eigenvalue weighted by atomic mass is 10.3. The molecular weight excluding hydrogens is 164 g/mol. The molecule has 0 unspecified atom stereocenters. The van der Waals surface area contributed by atoms with E-state index in [1.807, 2.05) is 0 Å². The van der Waals surface area contributed by atoms with Crippen molar-refractivity contribution in [2.45, 2.75) is 6.54 Å². The summed E-state index contributed by atoms with van der Waals surface area (Å²) in [7, 11) is 0. The zero-order chi connectivity index (χ0) is 9.14. The van der Waals surface area contributed by atoms with Gasteiger partial charge in [-0.25, -0.2) is 4.79 Å². The molecule has 0 saturated heterocycles. The van der Waals surface area contributed by atoms with E-state index in [4.69, 9.17) is 5.11 Å². The minimum Gasteiger partial charge on any atom is -0.477 e. The van der Waals surface area contributed by atoms with Crippen LogP contribution in [0, 0.1) is 10.1 Å². The van der Waals surface area contributed by atoms with E-state index in [9.17, 15) is 14.9 Å². The summed E-state index contributed by atoms with van der Waals surface area (Å²) in [4.78, 5) is 22.2. The topological polar surface area (TPSA) is 96.2 Å². The number of carboxylic acids is 1. The first kappa shape index (κ1) is 8.25. The number of hydrogen-bond acceptors (Lipinski definition) is 3. The van der Waals surface area contributed by atoms with Crippen molar-refractivity contribution in [2.24, 2.45) is 0 Å². The highest BCUT2D eigenvalue weighted by molar-refractivity contribution is 5.85. The highest BCUT2D eigenvalue weighted by atomic mass is 16.6. The number of nitrogens with one attached hydrogen (secondary N) is 1. The van der Waals surface area contributed by atoms with E-state index in [-0.39, 0.29) is 12.2 Å². The highest BCUT2D eigenvalue weighted by Crippen LogP contribution is 2.03. The van der Waals surface area contributed by atoms with Gasteiger partial charge in [0.05, 0.1) is 0 Å². The van der Waals surface area contributed by atoms with Crippen LogP contribution in [0.1, 0.15) is 16.1 Å². The van der Waals surface area contributed by atoms with Crippen molar-refractivity contribution in [1.29, 1.82) is 0 Å². The molecule has 1 aromatic heterocycles. The fourth-order valence-electron chi connectivity index (χ4n) is 0.803. The SMILES string of the molecule is O=C(O)c1cc(C[N+](=O)[O-])c[nH]1. The van der Waals surface area contributed by atoms with Crippen molar-refractivity contribution in [3.05, 3.63) is 33.6 Å². The molecule has 0 aliphatic rings. The van der Waals surface area contributed by atoms with Crippen LogP contribution in [0.4, 0.5) is 0 Å². The molecule has 64 valence electrons. The maximum Gasteiger partial charge on any atom is 0.352 e. The molecule has 0 saturated carbocycles. The van der Waals surface area contributed by atoms with Gasteiger partial charge in [-0.3, -0.25) is 10.1 Å². The number of aromatic nitrogens is 1. The third kappa shape index (κ3) is 1.82. The van der Waals surface area contributed by atoms with E-state index in [0.29, 0.717) is 5.56 Å². The summed E-state index contributed by atoms with van der Waals surface area (Å²) in [5.74, 6) is -1.12. The number of carbonyl (C=O) groups is 1. The maximum atomic E-state index is 10.3. The quantitative estimate of drug-likeness (QED) is 0.509. The molecule has 0 aliphatic carbocycles. The lowest BCUT2D eigenvalue weighted by molar-refractivity contribution is -0.496. The van der Waals surface area contributed by atoms with E-state index >= 15 is 0 Å². The molecule has 1 rings (SSSR count). The molecule has 0 bridgehead atoms. The third-order valence-electron chi connectivity index (χ3n) is 1.28. The van der Waals surface area contributed by atoms with E-state index in [1.54, 1.807) is 0 Å². The number of hydrogen-bond donors (Lipinski definition) is 2. The molecule has 12 heavy (non-hydrogen) atoms. The van der Waals surface area contributed by atoms with Crippen molar-refractivity contribution in [3.8, 4) is 0 Å². The minimum atomic E-state index is -1.12. The Morgan fingerprint density at radius 1 is 1.75 bits per heavy atom. The lowest BCUT2D eigenvalue weighted by Crippen LogP contribution is -1.97. The first-order valence-electron chi connectivity index (χ1n) is 3.12. The Morgan fingerprint density at radius 2 is 2.42 bits per heavy atom. The molecule has 0 atom stereocenters. The van der Waals surface area contributed by atoms with Crippen LogP contribution >= 0.6 is 0 Å². The van der Waals surface area contributed by atoms with Crippen LogP contribution in [0.25, 0.3) is 0 Å². The minimum absolute atomic E-state index is 0.0353. The number of carboxylic acid groups (broad SMARTS) is 1. The molecule has 0 radical (unpaired) electrons. The molecule has 0 fully saturated rings. The molecule has 1 heterocycles. The van der Waals surface area contributed by atoms with Gasteiger partial charge in [0.1, 0.15) is 5.69 Å². The number of aromatic carboxylic acids is 1. The summed E-state index contributed by atoms with van der Waals surface area (Å²) in [5, 5.41) is 18.4. The van der Waals surface area contributed by atoms with Gasteiger partial charge in [0.15, 0.2) is 0 Å². The third-order valence-corrected chi connectivity index (χ3v) is 1.28. The van der Waals surface area contributed by atoms with Crippen molar-refractivity contribution in [1.82, 2.24) is 4.98 Å². The van der Waals surface area contributed by atoms with E-state index in [0.717, 1.165) is 0 Å². The van der Waals surface area contributed by atoms with Crippen LogP contribution in [-0.2, 0) is 6.54 Å². The zero-order valence-electron chi connectivity index (χ0n) is 5.98. The second-order valence-electron chi connectivity index (χ2n) is 2.22. The largest absolute Gasteiger partial charge is 0.477 e. The summed E-state index contributed by atoms with van der Waals surface area (Å²) >= 11 is 0. The number of nitro groups is 1. The fourth-order valence-corrected chi connectivity index (χ4v) is 0.803. The van der Waals surface area contributed by atoms with Crippen LogP contribution in [0.2, 0.25) is 0 Å². The van der Waals surface area contributed by atoms with Gasteiger partial charge < -0.3 is 10.1 Å². The molecule has 6 heteroatoms. The van der Waals surface area contributed by atoms with Gasteiger partial charge in [-0.2, -0.15) is 0 Å². The summed E-state index contributed by atoms with van der Waals surface area (Å²) in [6.07, 6.45) is 1.31. The van der Waals surface area contributed by atoms with Gasteiger partial charge in [-0.1, -0.05) is 0 Å². The predicted octanol–water partition coefficient (Wildman–Crippen LogP) is 0.490. The van der Waals surface area contributed by atoms with Gasteiger partial charge in [-0.15, -0.1) is 0 Å². The molecule has 0 aromatic carbocycles. The van der Waals surface area contributed by atoms with Gasteiger partial charge in [0.2, 0.25) is 6.54 Å². The van der Waals surface area contributed by atoms with Crippen LogP contribution in [0.3, 0.4) is 0 Å². The van der Waals surface area contributed by atoms with Gasteiger partial charge >= 0.3 is 5.97 Å². The standard InChI is InChI=1S/C6H6N2O4/c9-6(10)5-1-4(2-7-5)3-8(11)12/h1-2,7H,3H2,(H,9,10). The summed E-state index contributed by atoms with van der Waals surface area (Å²) in [5.41, 5.74) is 0.323. The van der Waals surface area contributed by atoms with Crippen LogP contribution in [0.5, 0.6) is 0 Å². The highest BCUT2D eigenvalue weighted by Gasteiger charge is 2.08. The normalized spacial score (nSPS) is 9.67. The fraction of sp³-hybridized carbons (Fsp3) is 0.167. The number of H-pyrrole nitrogens is 1. The summed E-state index contributed by atoms with van der Waals surface area (Å²) in [6, 6.07) is 1.24. The average molecular weight is 170 g/mol. The van der Waals surface area contributed by atoms with Crippen molar-refractivity contribution >= 4 is 5.97 Å². The van der Waals surface area contributed by atoms with Crippen molar-refractivity contribution < 1.29 is 14.8 Å². The van der Waals surface area contributed by atoms with Crippen LogP contribution < -0.4 is 0 Å². The Balaban J connectivity index is 2.77. The average Bonchev–Trinajstić information content (AvgIpc) is 2.34. The molecule has 6 nitrogen and oxygen atoms in total. The smallest absolute Gasteiger partial charge is 0.352 e. The van der Waals surface area contributed by atoms with Gasteiger partial charge in [0.25, 0.3) is 0 Å². The van der Waals surface area contributed by atoms with E-state index < -0.39 is 10.9 Å². The summed E-state index contributed by atoms with van der Waals surface area (Å²) in [6.45, 7) is -0.357. The number of nitrogens with zero attached hydrogens (tertiary/aromatic N) is 1. The second kappa shape index (κ2) is 3.04. The van der Waals surface area contributed by atoms with Gasteiger partial charge in [-0.05, 0) is 6.07 Å². The molecular formula is C6H6N2O4. The van der Waals surface area contributed by atoms with Gasteiger partial charge in [0, 0.05) is 16.7 Å². The van der Waals surface area contributed by atoms with Crippen LogP contribution in [0.15, 0.2) is 12.3 Å². The first-order valence-corrected chi connectivity index (χ1v) is 3.12. The zero-order valence-corrected chi connectivity index (χ0v) is 5.98. The molecule has 2 N–H and O–H groups in total. The Hall–Kier alpha value is -1.85. The Morgan fingerprint density at radius 3 is 2.83 bits per heavy atom.